The van der Waals surface area contributed by atoms with Crippen LogP contribution in [-0.4, -0.2) is 11.8 Å². The maximum absolute atomic E-state index is 4.84. The molecule has 0 heterocycles. The predicted molar refractivity (Wildman–Crippen MR) is 98.6 cm³/mol. The second-order valence-electron chi connectivity index (χ2n) is 6.96. The Morgan fingerprint density at radius 3 is 2.30 bits per heavy atom. The minimum atomic E-state index is 0.474. The zero-order valence-corrected chi connectivity index (χ0v) is 14.4. The molecule has 0 bridgehead atoms. The highest BCUT2D eigenvalue weighted by Gasteiger charge is 2.17. The minimum Gasteiger partial charge on any atom is -0.307 e. The first kappa shape index (κ1) is 16.0. The molecule has 3 rings (SSSR count). The van der Waals surface area contributed by atoms with Crippen LogP contribution in [0.25, 0.3) is 0 Å². The van der Waals surface area contributed by atoms with Crippen molar-refractivity contribution < 1.29 is 0 Å². The summed E-state index contributed by atoms with van der Waals surface area (Å²) >= 11 is 0. The Bertz CT molecular complexity index is 586. The van der Waals surface area contributed by atoms with Gasteiger partial charge in [0.1, 0.15) is 0 Å². The van der Waals surface area contributed by atoms with Gasteiger partial charge in [0.05, 0.1) is 5.71 Å². The van der Waals surface area contributed by atoms with Crippen LogP contribution in [0.4, 0.5) is 0 Å². The van der Waals surface area contributed by atoms with Crippen LogP contribution < -0.4 is 5.43 Å². The summed E-state index contributed by atoms with van der Waals surface area (Å²) in [5.74, 6) is 0.474. The number of rotatable bonds is 5. The van der Waals surface area contributed by atoms with E-state index < -0.39 is 0 Å². The smallest absolute Gasteiger partial charge is 0.0684 e. The zero-order chi connectivity index (χ0) is 16.1. The Balaban J connectivity index is 1.74. The van der Waals surface area contributed by atoms with Gasteiger partial charge in [0.15, 0.2) is 0 Å². The quantitative estimate of drug-likeness (QED) is 0.585. The van der Waals surface area contributed by atoms with Crippen LogP contribution >= 0.6 is 0 Å². The number of allylic oxidation sites excluding steroid dienone is 4. The molecule has 1 saturated carbocycles. The average molecular weight is 308 g/mol. The number of benzene rings is 1. The van der Waals surface area contributed by atoms with E-state index in [1.807, 2.05) is 0 Å². The van der Waals surface area contributed by atoms with Gasteiger partial charge in [-0.25, -0.2) is 0 Å². The van der Waals surface area contributed by atoms with Crippen molar-refractivity contribution in [2.24, 2.45) is 11.0 Å². The molecule has 1 fully saturated rings. The molecular weight excluding hydrogens is 280 g/mol. The maximum Gasteiger partial charge on any atom is 0.0684 e. The van der Waals surface area contributed by atoms with Crippen LogP contribution in [0.2, 0.25) is 0 Å². The van der Waals surface area contributed by atoms with E-state index in [1.165, 1.54) is 54.5 Å². The molecular formula is C21H28N2. The van der Waals surface area contributed by atoms with E-state index in [1.54, 1.807) is 0 Å². The molecule has 2 aliphatic carbocycles. The van der Waals surface area contributed by atoms with Crippen LogP contribution in [0.1, 0.15) is 57.9 Å². The summed E-state index contributed by atoms with van der Waals surface area (Å²) in [4.78, 5) is 0. The molecule has 23 heavy (non-hydrogen) atoms. The van der Waals surface area contributed by atoms with Crippen LogP contribution in [-0.2, 0) is 0 Å². The van der Waals surface area contributed by atoms with Crippen molar-refractivity contribution in [2.75, 3.05) is 0 Å². The normalized spacial score (nSPS) is 20.3. The first-order chi connectivity index (χ1) is 11.2. The van der Waals surface area contributed by atoms with Crippen molar-refractivity contribution in [1.82, 2.24) is 5.43 Å². The minimum absolute atomic E-state index is 0.474. The monoisotopic (exact) mass is 308 g/mol. The number of hydrogen-bond acceptors (Lipinski definition) is 2. The third kappa shape index (κ3) is 4.34. The summed E-state index contributed by atoms with van der Waals surface area (Å²) in [7, 11) is 0. The van der Waals surface area contributed by atoms with Gasteiger partial charge in [0, 0.05) is 18.4 Å². The molecule has 1 aromatic rings. The lowest BCUT2D eigenvalue weighted by Crippen LogP contribution is -2.28. The van der Waals surface area contributed by atoms with E-state index in [2.05, 4.69) is 61.8 Å². The van der Waals surface area contributed by atoms with E-state index in [9.17, 15) is 0 Å². The summed E-state index contributed by atoms with van der Waals surface area (Å²) in [5, 5.41) is 4.84. The van der Waals surface area contributed by atoms with Crippen molar-refractivity contribution in [3.05, 3.63) is 59.2 Å². The molecule has 0 saturated heterocycles. The summed E-state index contributed by atoms with van der Waals surface area (Å²) in [6.07, 6.45) is 12.3. The van der Waals surface area contributed by atoms with Crippen molar-refractivity contribution in [2.45, 2.75) is 58.4 Å². The first-order valence-electron chi connectivity index (χ1n) is 8.97. The molecule has 2 heteroatoms. The summed E-state index contributed by atoms with van der Waals surface area (Å²) < 4.78 is 0. The largest absolute Gasteiger partial charge is 0.307 e. The van der Waals surface area contributed by atoms with Gasteiger partial charge in [-0.05, 0) is 32.3 Å². The fraction of sp³-hybridized carbons (Fsp3) is 0.476. The lowest BCUT2D eigenvalue weighted by Gasteiger charge is -2.22. The van der Waals surface area contributed by atoms with Crippen molar-refractivity contribution in [1.29, 1.82) is 0 Å². The lowest BCUT2D eigenvalue weighted by atomic mass is 9.96. The third-order valence-corrected chi connectivity index (χ3v) is 5.07. The molecule has 1 aromatic carbocycles. The number of nitrogens with one attached hydrogen (secondary N) is 1. The molecule has 0 radical (unpaired) electrons. The van der Waals surface area contributed by atoms with Gasteiger partial charge in [-0.2, -0.15) is 5.10 Å². The Kier molecular flexibility index (Phi) is 5.32. The van der Waals surface area contributed by atoms with E-state index in [-0.39, 0.29) is 0 Å². The summed E-state index contributed by atoms with van der Waals surface area (Å²) in [6, 6.07) is 11.2. The maximum atomic E-state index is 4.84. The summed E-state index contributed by atoms with van der Waals surface area (Å²) in [6.45, 7) is 4.40. The van der Waals surface area contributed by atoms with Gasteiger partial charge < -0.3 is 5.43 Å². The lowest BCUT2D eigenvalue weighted by molar-refractivity contribution is 0.380. The molecule has 0 spiro atoms. The van der Waals surface area contributed by atoms with Crippen molar-refractivity contribution >= 4 is 5.71 Å². The van der Waals surface area contributed by atoms with Gasteiger partial charge in [0.25, 0.3) is 0 Å². The highest BCUT2D eigenvalue weighted by molar-refractivity contribution is 6.00. The van der Waals surface area contributed by atoms with Crippen LogP contribution in [0, 0.1) is 5.92 Å². The Labute approximate surface area is 140 Å². The zero-order valence-electron chi connectivity index (χ0n) is 14.4. The molecule has 2 nitrogen and oxygen atoms in total. The summed E-state index contributed by atoms with van der Waals surface area (Å²) in [5.41, 5.74) is 8.69. The fourth-order valence-electron chi connectivity index (χ4n) is 3.55. The Morgan fingerprint density at radius 2 is 1.65 bits per heavy atom. The van der Waals surface area contributed by atoms with Crippen LogP contribution in [0.5, 0.6) is 0 Å². The van der Waals surface area contributed by atoms with Gasteiger partial charge in [-0.3, -0.25) is 0 Å². The molecule has 122 valence electrons. The topological polar surface area (TPSA) is 24.4 Å². The van der Waals surface area contributed by atoms with Gasteiger partial charge >= 0.3 is 0 Å². The van der Waals surface area contributed by atoms with Crippen LogP contribution in [0.15, 0.2) is 58.7 Å². The van der Waals surface area contributed by atoms with E-state index in [4.69, 9.17) is 5.10 Å². The fourth-order valence-corrected chi connectivity index (χ4v) is 3.55. The standard InChI is InChI=1S/C21H28N2/c1-16-13-18(14-17(16)2)15-21(19-9-5-3-6-10-19)23-22-20-11-7-4-8-12-20/h3,5-6,9-10,13-14,18,20,22H,4,7-8,11-12,15H2,1-2H3. The molecule has 0 amide bonds. The first-order valence-corrected chi connectivity index (χ1v) is 8.97. The predicted octanol–water partition coefficient (Wildman–Crippen LogP) is 5.23. The number of nitrogens with zero attached hydrogens (tertiary/aromatic N) is 1. The SMILES string of the molecule is CC1=CC(CC(=NNC2CCCCC2)c2ccccc2)C=C1C. The highest BCUT2D eigenvalue weighted by atomic mass is 15.3. The number of hydrogen-bond donors (Lipinski definition) is 1. The average Bonchev–Trinajstić information content (AvgIpc) is 2.91. The molecule has 0 aromatic heterocycles. The Morgan fingerprint density at radius 1 is 1.00 bits per heavy atom. The van der Waals surface area contributed by atoms with E-state index in [0.29, 0.717) is 12.0 Å². The second-order valence-corrected chi connectivity index (χ2v) is 6.96. The van der Waals surface area contributed by atoms with Gasteiger partial charge in [0.2, 0.25) is 0 Å². The molecule has 0 atom stereocenters. The molecule has 1 N–H and O–H groups in total. The van der Waals surface area contributed by atoms with E-state index in [0.717, 1.165) is 6.42 Å². The van der Waals surface area contributed by atoms with Gasteiger partial charge in [-0.15, -0.1) is 0 Å². The van der Waals surface area contributed by atoms with Crippen molar-refractivity contribution in [3.8, 4) is 0 Å². The third-order valence-electron chi connectivity index (χ3n) is 5.07. The van der Waals surface area contributed by atoms with Gasteiger partial charge in [-0.1, -0.05) is 72.9 Å². The van der Waals surface area contributed by atoms with Crippen LogP contribution in [0.3, 0.4) is 0 Å². The highest BCUT2D eigenvalue weighted by Crippen LogP contribution is 2.26. The number of hydrazone groups is 1. The molecule has 0 aliphatic heterocycles. The second kappa shape index (κ2) is 7.63. The Hall–Kier alpha value is -1.83. The van der Waals surface area contributed by atoms with Crippen molar-refractivity contribution in [3.63, 3.8) is 0 Å². The molecule has 2 aliphatic rings. The van der Waals surface area contributed by atoms with E-state index >= 15 is 0 Å². The molecule has 0 unspecified atom stereocenters.